The molecule has 34 heavy (non-hydrogen) atoms. The van der Waals surface area contributed by atoms with Crippen LogP contribution in [0.25, 0.3) is 5.69 Å². The van der Waals surface area contributed by atoms with Crippen molar-refractivity contribution in [2.45, 2.75) is 33.1 Å². The molecule has 0 bridgehead atoms. The van der Waals surface area contributed by atoms with Crippen molar-refractivity contribution in [1.82, 2.24) is 14.7 Å². The zero-order chi connectivity index (χ0) is 24.9. The first kappa shape index (κ1) is 25.5. The Kier molecular flexibility index (Phi) is 8.12. The number of hydrogen-bond donors (Lipinski definition) is 1. The molecule has 2 aromatic carbocycles. The van der Waals surface area contributed by atoms with Crippen LogP contribution in [0, 0.1) is 6.92 Å². The lowest BCUT2D eigenvalue weighted by molar-refractivity contribution is -0.117. The number of nitrogens with zero attached hydrogens (tertiary/aromatic N) is 3. The molecule has 0 radical (unpaired) electrons. The second kappa shape index (κ2) is 10.8. The van der Waals surface area contributed by atoms with Crippen LogP contribution in [0.1, 0.15) is 42.4 Å². The van der Waals surface area contributed by atoms with Crippen LogP contribution in [0.15, 0.2) is 54.6 Å². The minimum Gasteiger partial charge on any atom is -0.383 e. The van der Waals surface area contributed by atoms with Crippen molar-refractivity contribution in [3.63, 3.8) is 0 Å². The predicted molar refractivity (Wildman–Crippen MR) is 135 cm³/mol. The van der Waals surface area contributed by atoms with Gasteiger partial charge in [0.1, 0.15) is 12.4 Å². The highest BCUT2D eigenvalue weighted by atomic mass is 35.5. The lowest BCUT2D eigenvalue weighted by Gasteiger charge is -2.22. The van der Waals surface area contributed by atoms with Gasteiger partial charge in [-0.2, -0.15) is 5.10 Å². The molecular formula is C26H31ClN4O3. The Labute approximate surface area is 205 Å². The minimum absolute atomic E-state index is 0.130. The average molecular weight is 483 g/mol. The lowest BCUT2D eigenvalue weighted by Crippen LogP contribution is -2.40. The fourth-order valence-corrected chi connectivity index (χ4v) is 3.50. The third kappa shape index (κ3) is 6.46. The lowest BCUT2D eigenvalue weighted by atomic mass is 9.92. The van der Waals surface area contributed by atoms with Crippen LogP contribution in [-0.4, -0.2) is 53.3 Å². The van der Waals surface area contributed by atoms with Gasteiger partial charge in [-0.1, -0.05) is 44.5 Å². The maximum absolute atomic E-state index is 13.1. The van der Waals surface area contributed by atoms with E-state index in [4.69, 9.17) is 21.4 Å². The van der Waals surface area contributed by atoms with Gasteiger partial charge in [-0.15, -0.1) is 0 Å². The number of nitrogens with one attached hydrogen (secondary N) is 1. The van der Waals surface area contributed by atoms with Gasteiger partial charge in [-0.3, -0.25) is 9.59 Å². The Morgan fingerprint density at radius 2 is 1.82 bits per heavy atom. The second-order valence-corrected chi connectivity index (χ2v) is 9.63. The number of hydrogen-bond acceptors (Lipinski definition) is 4. The average Bonchev–Trinajstić information content (AvgIpc) is 3.21. The van der Waals surface area contributed by atoms with Crippen LogP contribution in [0.4, 0.5) is 5.82 Å². The molecule has 0 aliphatic carbocycles. The number of rotatable bonds is 8. The zero-order valence-electron chi connectivity index (χ0n) is 20.3. The summed E-state index contributed by atoms with van der Waals surface area (Å²) in [5, 5.41) is 8.24. The number of carbonyl (C=O) groups excluding carboxylic acids is 2. The molecular weight excluding hydrogens is 452 g/mol. The fraction of sp³-hybridized carbons (Fsp3) is 0.346. The largest absolute Gasteiger partial charge is 0.383 e. The summed E-state index contributed by atoms with van der Waals surface area (Å²) in [6, 6.07) is 16.4. The van der Waals surface area contributed by atoms with Gasteiger partial charge in [-0.05, 0) is 48.9 Å². The van der Waals surface area contributed by atoms with Crippen LogP contribution in [0.3, 0.4) is 0 Å². The topological polar surface area (TPSA) is 76.5 Å². The molecule has 7 nitrogen and oxygen atoms in total. The van der Waals surface area contributed by atoms with E-state index in [2.05, 4.69) is 26.1 Å². The number of anilines is 1. The normalized spacial score (nSPS) is 11.4. The van der Waals surface area contributed by atoms with Gasteiger partial charge in [0.25, 0.3) is 5.91 Å². The molecule has 0 unspecified atom stereocenters. The quantitative estimate of drug-likeness (QED) is 0.497. The minimum atomic E-state index is -0.326. The monoisotopic (exact) mass is 482 g/mol. The van der Waals surface area contributed by atoms with Gasteiger partial charge in [0.2, 0.25) is 5.91 Å². The molecule has 1 N–H and O–H groups in total. The highest BCUT2D eigenvalue weighted by Crippen LogP contribution is 2.26. The Morgan fingerprint density at radius 1 is 1.12 bits per heavy atom. The summed E-state index contributed by atoms with van der Waals surface area (Å²) < 4.78 is 6.87. The summed E-state index contributed by atoms with van der Waals surface area (Å²) in [4.78, 5) is 27.6. The van der Waals surface area contributed by atoms with Gasteiger partial charge in [0.05, 0.1) is 18.0 Å². The summed E-state index contributed by atoms with van der Waals surface area (Å²) in [6.45, 7) is 8.66. The number of aryl methyl sites for hydroxylation is 1. The smallest absolute Gasteiger partial charge is 0.254 e. The Hall–Kier alpha value is -3.16. The number of carbonyl (C=O) groups is 2. The van der Waals surface area contributed by atoms with Gasteiger partial charge in [-0.25, -0.2) is 4.68 Å². The van der Waals surface area contributed by atoms with E-state index in [-0.39, 0.29) is 30.3 Å². The molecule has 3 aromatic rings. The SMILES string of the molecule is COCCN(CC(=O)Nc1cc(C(C)(C)C)nn1-c1cccc(C)c1)C(=O)c1ccc(Cl)cc1. The Morgan fingerprint density at radius 3 is 2.44 bits per heavy atom. The number of benzene rings is 2. The van der Waals surface area contributed by atoms with E-state index in [0.29, 0.717) is 23.0 Å². The van der Waals surface area contributed by atoms with Crippen LogP contribution in [0.5, 0.6) is 0 Å². The van der Waals surface area contributed by atoms with Gasteiger partial charge in [0, 0.05) is 35.7 Å². The van der Waals surface area contributed by atoms with E-state index < -0.39 is 0 Å². The van der Waals surface area contributed by atoms with E-state index >= 15 is 0 Å². The summed E-state index contributed by atoms with van der Waals surface area (Å²) >= 11 is 5.95. The highest BCUT2D eigenvalue weighted by molar-refractivity contribution is 6.30. The number of methoxy groups -OCH3 is 1. The molecule has 3 rings (SSSR count). The summed E-state index contributed by atoms with van der Waals surface area (Å²) in [6.07, 6.45) is 0. The number of aromatic nitrogens is 2. The molecule has 8 heteroatoms. The highest BCUT2D eigenvalue weighted by Gasteiger charge is 2.23. The Bertz CT molecular complexity index is 1150. The predicted octanol–water partition coefficient (Wildman–Crippen LogP) is 4.86. The van der Waals surface area contributed by atoms with Crippen molar-refractivity contribution in [3.8, 4) is 5.69 Å². The third-order valence-corrected chi connectivity index (χ3v) is 5.52. The molecule has 0 saturated heterocycles. The first-order valence-corrected chi connectivity index (χ1v) is 11.5. The van der Waals surface area contributed by atoms with Crippen molar-refractivity contribution < 1.29 is 14.3 Å². The van der Waals surface area contributed by atoms with Crippen LogP contribution in [-0.2, 0) is 14.9 Å². The number of halogens is 1. The first-order valence-electron chi connectivity index (χ1n) is 11.1. The van der Waals surface area contributed by atoms with Gasteiger partial charge >= 0.3 is 0 Å². The summed E-state index contributed by atoms with van der Waals surface area (Å²) in [5.41, 5.74) is 3.02. The van der Waals surface area contributed by atoms with E-state index in [9.17, 15) is 9.59 Å². The molecule has 0 fully saturated rings. The molecule has 0 aliphatic rings. The van der Waals surface area contributed by atoms with E-state index in [1.54, 1.807) is 36.1 Å². The summed E-state index contributed by atoms with van der Waals surface area (Å²) in [7, 11) is 1.56. The standard InChI is InChI=1S/C26H31ClN4O3/c1-18-7-6-8-21(15-18)31-23(16-22(29-31)26(2,3)4)28-24(32)17-30(13-14-34-5)25(33)19-9-11-20(27)12-10-19/h6-12,15-16H,13-14,17H2,1-5H3,(H,28,32). The van der Waals surface area contributed by atoms with Gasteiger partial charge < -0.3 is 15.0 Å². The third-order valence-electron chi connectivity index (χ3n) is 5.27. The maximum Gasteiger partial charge on any atom is 0.254 e. The molecule has 180 valence electrons. The molecule has 2 amide bonds. The fourth-order valence-electron chi connectivity index (χ4n) is 3.38. The van der Waals surface area contributed by atoms with Crippen molar-refractivity contribution in [2.24, 2.45) is 0 Å². The maximum atomic E-state index is 13.1. The number of amides is 2. The van der Waals surface area contributed by atoms with Crippen molar-refractivity contribution in [3.05, 3.63) is 76.4 Å². The van der Waals surface area contributed by atoms with Gasteiger partial charge in [0.15, 0.2) is 0 Å². The second-order valence-electron chi connectivity index (χ2n) is 9.19. The van der Waals surface area contributed by atoms with E-state index in [1.165, 1.54) is 4.90 Å². The molecule has 0 atom stereocenters. The molecule has 1 heterocycles. The van der Waals surface area contributed by atoms with E-state index in [1.807, 2.05) is 37.3 Å². The Balaban J connectivity index is 1.85. The van der Waals surface area contributed by atoms with Crippen LogP contribution < -0.4 is 5.32 Å². The summed E-state index contributed by atoms with van der Waals surface area (Å²) in [5.74, 6) is -0.0507. The van der Waals surface area contributed by atoms with Crippen LogP contribution in [0.2, 0.25) is 5.02 Å². The zero-order valence-corrected chi connectivity index (χ0v) is 21.0. The molecule has 0 saturated carbocycles. The van der Waals surface area contributed by atoms with Crippen molar-refractivity contribution in [1.29, 1.82) is 0 Å². The van der Waals surface area contributed by atoms with Crippen molar-refractivity contribution in [2.75, 3.05) is 32.1 Å². The molecule has 0 aliphatic heterocycles. The molecule has 0 spiro atoms. The number of ether oxygens (including phenoxy) is 1. The van der Waals surface area contributed by atoms with Crippen molar-refractivity contribution >= 4 is 29.2 Å². The van der Waals surface area contributed by atoms with E-state index in [0.717, 1.165) is 16.9 Å². The first-order chi connectivity index (χ1) is 16.1. The molecule has 1 aromatic heterocycles. The van der Waals surface area contributed by atoms with Crippen LogP contribution >= 0.6 is 11.6 Å².